The second-order valence-corrected chi connectivity index (χ2v) is 8.37. The molecule has 0 aromatic heterocycles. The Morgan fingerprint density at radius 2 is 1.62 bits per heavy atom. The number of rotatable bonds is 5. The molecule has 2 aromatic carbocycles. The summed E-state index contributed by atoms with van der Waals surface area (Å²) in [5.41, 5.74) is 0.884. The minimum absolute atomic E-state index is 0.0719. The molecule has 1 fully saturated rings. The van der Waals surface area contributed by atoms with E-state index in [1.807, 2.05) is 24.3 Å². The van der Waals surface area contributed by atoms with E-state index >= 15 is 0 Å². The highest BCUT2D eigenvalue weighted by Gasteiger charge is 2.29. The molecule has 0 bridgehead atoms. The van der Waals surface area contributed by atoms with Crippen LogP contribution in [0.25, 0.3) is 0 Å². The number of nitro benzene ring substituents is 1. The molecule has 1 heterocycles. The monoisotopic (exact) mass is 395 g/mol. The van der Waals surface area contributed by atoms with E-state index in [1.165, 1.54) is 28.6 Å². The lowest BCUT2D eigenvalue weighted by atomic mass is 10.2. The van der Waals surface area contributed by atoms with Crippen LogP contribution in [-0.2, 0) is 16.6 Å². The van der Waals surface area contributed by atoms with Gasteiger partial charge in [-0.05, 0) is 23.8 Å². The summed E-state index contributed by atoms with van der Waals surface area (Å²) < 4.78 is 26.8. The van der Waals surface area contributed by atoms with Crippen LogP contribution in [0.3, 0.4) is 0 Å². The first-order valence-electron chi connectivity index (χ1n) is 8.08. The van der Waals surface area contributed by atoms with Crippen LogP contribution in [0.15, 0.2) is 53.4 Å². The fraction of sp³-hybridized carbons (Fsp3) is 0.294. The van der Waals surface area contributed by atoms with Crippen molar-refractivity contribution in [1.29, 1.82) is 0 Å². The quantitative estimate of drug-likeness (QED) is 0.574. The molecular formula is C17H18ClN3O4S. The summed E-state index contributed by atoms with van der Waals surface area (Å²) in [5.74, 6) is 0. The van der Waals surface area contributed by atoms with E-state index in [-0.39, 0.29) is 10.6 Å². The van der Waals surface area contributed by atoms with Crippen molar-refractivity contribution in [3.05, 3.63) is 69.2 Å². The highest BCUT2D eigenvalue weighted by molar-refractivity contribution is 7.89. The second kappa shape index (κ2) is 7.71. The van der Waals surface area contributed by atoms with Gasteiger partial charge in [-0.3, -0.25) is 15.0 Å². The summed E-state index contributed by atoms with van der Waals surface area (Å²) >= 11 is 6.18. The van der Waals surface area contributed by atoms with Crippen molar-refractivity contribution in [2.45, 2.75) is 11.4 Å². The Balaban J connectivity index is 1.65. The molecule has 0 aliphatic carbocycles. The highest BCUT2D eigenvalue weighted by Crippen LogP contribution is 2.22. The van der Waals surface area contributed by atoms with E-state index in [4.69, 9.17) is 11.6 Å². The van der Waals surface area contributed by atoms with Gasteiger partial charge in [-0.2, -0.15) is 4.31 Å². The average molecular weight is 396 g/mol. The third-order valence-corrected chi connectivity index (χ3v) is 6.65. The number of halogens is 1. The molecule has 0 saturated carbocycles. The van der Waals surface area contributed by atoms with Crippen LogP contribution in [-0.4, -0.2) is 48.7 Å². The number of nitro groups is 1. The summed E-state index contributed by atoms with van der Waals surface area (Å²) in [6.45, 7) is 2.59. The van der Waals surface area contributed by atoms with Crippen molar-refractivity contribution in [2.24, 2.45) is 0 Å². The van der Waals surface area contributed by atoms with E-state index in [9.17, 15) is 18.5 Å². The fourth-order valence-corrected chi connectivity index (χ4v) is 4.50. The first-order chi connectivity index (χ1) is 12.4. The summed E-state index contributed by atoms with van der Waals surface area (Å²) in [7, 11) is -3.65. The van der Waals surface area contributed by atoms with Crippen molar-refractivity contribution < 1.29 is 13.3 Å². The molecule has 1 saturated heterocycles. The molecule has 0 amide bonds. The second-order valence-electron chi connectivity index (χ2n) is 6.02. The van der Waals surface area contributed by atoms with Crippen molar-refractivity contribution in [3.63, 3.8) is 0 Å². The van der Waals surface area contributed by atoms with Gasteiger partial charge in [0.25, 0.3) is 5.69 Å². The van der Waals surface area contributed by atoms with Gasteiger partial charge in [-0.1, -0.05) is 29.8 Å². The Kier molecular flexibility index (Phi) is 5.57. The van der Waals surface area contributed by atoms with Gasteiger partial charge in [-0.15, -0.1) is 0 Å². The molecule has 2 aromatic rings. The maximum Gasteiger partial charge on any atom is 0.269 e. The number of benzene rings is 2. The van der Waals surface area contributed by atoms with Crippen molar-refractivity contribution in [1.82, 2.24) is 9.21 Å². The Morgan fingerprint density at radius 3 is 2.19 bits per heavy atom. The number of hydrogen-bond acceptors (Lipinski definition) is 5. The molecule has 9 heteroatoms. The van der Waals surface area contributed by atoms with Crippen LogP contribution in [0, 0.1) is 10.1 Å². The van der Waals surface area contributed by atoms with Crippen LogP contribution in [0.2, 0.25) is 5.02 Å². The summed E-state index contributed by atoms with van der Waals surface area (Å²) in [4.78, 5) is 12.4. The lowest BCUT2D eigenvalue weighted by Gasteiger charge is -2.34. The molecule has 3 rings (SSSR count). The molecule has 0 radical (unpaired) electrons. The third kappa shape index (κ3) is 4.04. The molecule has 0 unspecified atom stereocenters. The van der Waals surface area contributed by atoms with Crippen LogP contribution in [0.1, 0.15) is 5.56 Å². The summed E-state index contributed by atoms with van der Waals surface area (Å²) in [5, 5.41) is 11.4. The predicted molar refractivity (Wildman–Crippen MR) is 98.6 cm³/mol. The molecule has 7 nitrogen and oxygen atoms in total. The number of piperazine rings is 1. The minimum Gasteiger partial charge on any atom is -0.296 e. The van der Waals surface area contributed by atoms with Crippen LogP contribution < -0.4 is 0 Å². The van der Waals surface area contributed by atoms with E-state index < -0.39 is 14.9 Å². The molecule has 1 aliphatic heterocycles. The Labute approximate surface area is 157 Å². The van der Waals surface area contributed by atoms with E-state index in [0.717, 1.165) is 5.56 Å². The zero-order chi connectivity index (χ0) is 18.7. The van der Waals surface area contributed by atoms with Gasteiger partial charge in [0.05, 0.1) is 9.82 Å². The van der Waals surface area contributed by atoms with Gasteiger partial charge in [0.15, 0.2) is 0 Å². The number of sulfonamides is 1. The van der Waals surface area contributed by atoms with Crippen LogP contribution in [0.5, 0.6) is 0 Å². The molecule has 0 atom stereocenters. The minimum atomic E-state index is -3.65. The zero-order valence-electron chi connectivity index (χ0n) is 13.9. The van der Waals surface area contributed by atoms with Gasteiger partial charge in [-0.25, -0.2) is 8.42 Å². The predicted octanol–water partition coefficient (Wildman–Crippen LogP) is 2.75. The lowest BCUT2D eigenvalue weighted by molar-refractivity contribution is -0.384. The normalized spacial score (nSPS) is 16.5. The standard InChI is InChI=1S/C17H18ClN3O4S/c18-17-4-2-1-3-14(17)13-19-9-11-20(12-10-19)26(24,25)16-7-5-15(6-8-16)21(22)23/h1-8H,9-13H2. The van der Waals surface area contributed by atoms with E-state index in [0.29, 0.717) is 37.7 Å². The Hall–Kier alpha value is -2.00. The SMILES string of the molecule is O=[N+]([O-])c1ccc(S(=O)(=O)N2CCN(Cc3ccccc3Cl)CC2)cc1. The fourth-order valence-electron chi connectivity index (χ4n) is 2.88. The molecule has 0 N–H and O–H groups in total. The van der Waals surface area contributed by atoms with Crippen LogP contribution >= 0.6 is 11.6 Å². The highest BCUT2D eigenvalue weighted by atomic mass is 35.5. The van der Waals surface area contributed by atoms with E-state index in [1.54, 1.807) is 0 Å². The van der Waals surface area contributed by atoms with Gasteiger partial charge in [0, 0.05) is 49.9 Å². The van der Waals surface area contributed by atoms with Crippen molar-refractivity contribution in [2.75, 3.05) is 26.2 Å². The maximum absolute atomic E-state index is 12.7. The number of nitrogens with zero attached hydrogens (tertiary/aromatic N) is 3. The maximum atomic E-state index is 12.7. The first-order valence-corrected chi connectivity index (χ1v) is 9.90. The van der Waals surface area contributed by atoms with Gasteiger partial charge in [0.1, 0.15) is 0 Å². The Morgan fingerprint density at radius 1 is 1.00 bits per heavy atom. The van der Waals surface area contributed by atoms with Crippen LogP contribution in [0.4, 0.5) is 5.69 Å². The third-order valence-electron chi connectivity index (χ3n) is 4.37. The smallest absolute Gasteiger partial charge is 0.269 e. The molecule has 26 heavy (non-hydrogen) atoms. The number of non-ortho nitro benzene ring substituents is 1. The topological polar surface area (TPSA) is 83.8 Å². The molecular weight excluding hydrogens is 378 g/mol. The van der Waals surface area contributed by atoms with Crippen molar-refractivity contribution in [3.8, 4) is 0 Å². The molecule has 0 spiro atoms. The molecule has 1 aliphatic rings. The largest absolute Gasteiger partial charge is 0.296 e. The van der Waals surface area contributed by atoms with Gasteiger partial charge < -0.3 is 0 Å². The summed E-state index contributed by atoms with van der Waals surface area (Å²) in [6, 6.07) is 12.6. The Bertz CT molecular complexity index is 894. The summed E-state index contributed by atoms with van der Waals surface area (Å²) in [6.07, 6.45) is 0. The average Bonchev–Trinajstić information content (AvgIpc) is 2.64. The zero-order valence-corrected chi connectivity index (χ0v) is 15.5. The van der Waals surface area contributed by atoms with Gasteiger partial charge in [0.2, 0.25) is 10.0 Å². The van der Waals surface area contributed by atoms with Crippen molar-refractivity contribution >= 4 is 27.3 Å². The van der Waals surface area contributed by atoms with E-state index in [2.05, 4.69) is 4.90 Å². The first kappa shape index (κ1) is 18.8. The van der Waals surface area contributed by atoms with Gasteiger partial charge >= 0.3 is 0 Å². The molecule has 138 valence electrons. The lowest BCUT2D eigenvalue weighted by Crippen LogP contribution is -2.48. The number of hydrogen-bond donors (Lipinski definition) is 0.